The number of nitrogens with one attached hydrogen (secondary N) is 1. The Kier molecular flexibility index (Phi) is 5.93. The number of halogens is 5. The molecule has 0 radical (unpaired) electrons. The van der Waals surface area contributed by atoms with Gasteiger partial charge in [0.2, 0.25) is 12.4 Å². The summed E-state index contributed by atoms with van der Waals surface area (Å²) in [5, 5.41) is 9.38. The average molecular weight is 531 g/mol. The van der Waals surface area contributed by atoms with Gasteiger partial charge >= 0.3 is 6.18 Å². The quantitative estimate of drug-likeness (QED) is 0.227. The Bertz CT molecular complexity index is 1490. The van der Waals surface area contributed by atoms with E-state index < -0.39 is 55.5 Å². The van der Waals surface area contributed by atoms with Gasteiger partial charge in [-0.1, -0.05) is 11.6 Å². The minimum Gasteiger partial charge on any atom is -0.285 e. The molecule has 1 aromatic heterocycles. The van der Waals surface area contributed by atoms with Gasteiger partial charge in [0.25, 0.3) is 21.8 Å². The molecule has 1 aliphatic heterocycles. The largest absolute Gasteiger partial charge is 0.419 e. The molecule has 14 heteroatoms. The van der Waals surface area contributed by atoms with E-state index in [2.05, 4.69) is 0 Å². The van der Waals surface area contributed by atoms with Crippen LogP contribution in [-0.4, -0.2) is 30.3 Å². The predicted molar refractivity (Wildman–Crippen MR) is 112 cm³/mol. The third-order valence-corrected chi connectivity index (χ3v) is 6.74. The summed E-state index contributed by atoms with van der Waals surface area (Å²) in [7, 11) is -4.75. The summed E-state index contributed by atoms with van der Waals surface area (Å²) < 4.78 is 81.0. The van der Waals surface area contributed by atoms with Crippen molar-refractivity contribution in [3.05, 3.63) is 88.0 Å². The van der Waals surface area contributed by atoms with E-state index in [9.17, 15) is 40.8 Å². The number of amides is 2. The topological polar surface area (TPSA) is 108 Å². The first-order valence-electron chi connectivity index (χ1n) is 9.57. The molecular formula is C21H13ClF4N3O5S+. The van der Waals surface area contributed by atoms with Gasteiger partial charge in [0, 0.05) is 16.4 Å². The van der Waals surface area contributed by atoms with Crippen LogP contribution in [0.15, 0.2) is 59.8 Å². The van der Waals surface area contributed by atoms with Crippen molar-refractivity contribution >= 4 is 39.1 Å². The van der Waals surface area contributed by atoms with E-state index in [0.717, 1.165) is 17.0 Å². The van der Waals surface area contributed by atoms with Crippen LogP contribution in [0.1, 0.15) is 31.8 Å². The van der Waals surface area contributed by atoms with Crippen molar-refractivity contribution in [3.63, 3.8) is 0 Å². The van der Waals surface area contributed by atoms with Crippen LogP contribution in [0.2, 0.25) is 5.02 Å². The zero-order valence-corrected chi connectivity index (χ0v) is 18.7. The number of nitrogens with zero attached hydrogens (tertiary/aromatic N) is 2. The van der Waals surface area contributed by atoms with Crippen molar-refractivity contribution < 1.29 is 45.5 Å². The molecule has 182 valence electrons. The van der Waals surface area contributed by atoms with Crippen LogP contribution in [0.3, 0.4) is 0 Å². The molecule has 35 heavy (non-hydrogen) atoms. The fourth-order valence-corrected chi connectivity index (χ4v) is 4.81. The molecule has 0 bridgehead atoms. The zero-order chi connectivity index (χ0) is 25.7. The van der Waals surface area contributed by atoms with E-state index in [1.807, 2.05) is 4.72 Å². The number of hydrogen-bond donors (Lipinski definition) is 2. The molecule has 1 aliphatic rings. The van der Waals surface area contributed by atoms with Gasteiger partial charge < -0.3 is 0 Å². The highest BCUT2D eigenvalue weighted by Gasteiger charge is 2.41. The molecule has 0 saturated heterocycles. The van der Waals surface area contributed by atoms with Crippen molar-refractivity contribution in [2.75, 3.05) is 4.72 Å². The van der Waals surface area contributed by atoms with Crippen molar-refractivity contribution in [2.24, 2.45) is 0 Å². The summed E-state index contributed by atoms with van der Waals surface area (Å²) in [5.74, 6) is -3.43. The van der Waals surface area contributed by atoms with Crippen molar-refractivity contribution in [1.29, 1.82) is 0 Å². The summed E-state index contributed by atoms with van der Waals surface area (Å²) in [6.07, 6.45) is -2.61. The number of benzene rings is 2. The van der Waals surface area contributed by atoms with Gasteiger partial charge in [-0.05, 0) is 36.4 Å². The predicted octanol–water partition coefficient (Wildman–Crippen LogP) is 3.62. The van der Waals surface area contributed by atoms with E-state index >= 15 is 0 Å². The molecule has 3 aromatic rings. The summed E-state index contributed by atoms with van der Waals surface area (Å²) in [4.78, 5) is 25.8. The number of sulfonamides is 1. The summed E-state index contributed by atoms with van der Waals surface area (Å²) >= 11 is 6.08. The molecule has 2 amide bonds. The molecule has 0 spiro atoms. The molecular weight excluding hydrogens is 518 g/mol. The number of aromatic nitrogens is 1. The first-order chi connectivity index (χ1) is 16.3. The smallest absolute Gasteiger partial charge is 0.285 e. The Morgan fingerprint density at radius 3 is 2.40 bits per heavy atom. The third-order valence-electron chi connectivity index (χ3n) is 5.06. The van der Waals surface area contributed by atoms with E-state index in [4.69, 9.17) is 11.6 Å². The minimum absolute atomic E-state index is 0.118. The summed E-state index contributed by atoms with van der Waals surface area (Å²) in [6, 6.07) is 6.29. The summed E-state index contributed by atoms with van der Waals surface area (Å²) in [5.41, 5.74) is -2.55. The Morgan fingerprint density at radius 2 is 1.74 bits per heavy atom. The van der Waals surface area contributed by atoms with Gasteiger partial charge in [-0.3, -0.25) is 24.4 Å². The van der Waals surface area contributed by atoms with E-state index in [1.165, 1.54) is 24.5 Å². The maximum atomic E-state index is 13.6. The zero-order valence-electron chi connectivity index (χ0n) is 17.2. The average Bonchev–Trinajstić information content (AvgIpc) is 3.01. The first kappa shape index (κ1) is 24.4. The molecule has 8 nitrogen and oxygen atoms in total. The number of fused-ring (bicyclic) bond motifs is 1. The maximum Gasteiger partial charge on any atom is 0.419 e. The number of anilines is 1. The van der Waals surface area contributed by atoms with Gasteiger partial charge in [-0.15, -0.1) is 0 Å². The van der Waals surface area contributed by atoms with Crippen molar-refractivity contribution in [3.8, 4) is 0 Å². The third kappa shape index (κ3) is 4.51. The highest BCUT2D eigenvalue weighted by atomic mass is 35.5. The molecule has 4 rings (SSSR count). The lowest BCUT2D eigenvalue weighted by Crippen LogP contribution is -2.33. The highest BCUT2D eigenvalue weighted by molar-refractivity contribution is 7.92. The lowest BCUT2D eigenvalue weighted by molar-refractivity contribution is -0.905. The normalized spacial score (nSPS) is 13.8. The highest BCUT2D eigenvalue weighted by Crippen LogP contribution is 2.37. The number of pyridine rings is 1. The second-order valence-corrected chi connectivity index (χ2v) is 9.47. The Balaban J connectivity index is 1.72. The number of hydrogen-bond acceptors (Lipinski definition) is 5. The maximum absolute atomic E-state index is 13.6. The van der Waals surface area contributed by atoms with E-state index in [1.54, 1.807) is 0 Å². The molecule has 0 fully saturated rings. The van der Waals surface area contributed by atoms with E-state index in [0.29, 0.717) is 22.4 Å². The molecule has 0 saturated carbocycles. The van der Waals surface area contributed by atoms with Gasteiger partial charge in [-0.2, -0.15) is 13.2 Å². The Morgan fingerprint density at radius 1 is 1.06 bits per heavy atom. The number of imide groups is 1. The molecule has 2 N–H and O–H groups in total. The van der Waals surface area contributed by atoms with Crippen LogP contribution in [-0.2, 0) is 22.7 Å². The van der Waals surface area contributed by atoms with Crippen molar-refractivity contribution in [1.82, 2.24) is 4.90 Å². The fraction of sp³-hybridized carbons (Fsp3) is 0.0952. The van der Waals surface area contributed by atoms with Crippen LogP contribution in [0.4, 0.5) is 23.2 Å². The Hall–Kier alpha value is -3.71. The van der Waals surface area contributed by atoms with Gasteiger partial charge in [0.1, 0.15) is 5.82 Å². The van der Waals surface area contributed by atoms with Gasteiger partial charge in [0.15, 0.2) is 0 Å². The Labute approximate surface area is 200 Å². The van der Waals surface area contributed by atoms with Crippen LogP contribution >= 0.6 is 11.6 Å². The SMILES string of the molecule is O=C1c2c(Cl)ccc(NS(=O)(=O)c3ccc(F)c(C(F)(F)F)c3)c2C(=O)N1Cc1ccc[n+](O)c1. The lowest BCUT2D eigenvalue weighted by Gasteiger charge is -2.14. The fourth-order valence-electron chi connectivity index (χ4n) is 3.48. The van der Waals surface area contributed by atoms with Crippen molar-refractivity contribution in [2.45, 2.75) is 17.6 Å². The van der Waals surface area contributed by atoms with Gasteiger partial charge in [-0.25, -0.2) is 12.8 Å². The molecule has 2 heterocycles. The second-order valence-electron chi connectivity index (χ2n) is 7.38. The van der Waals surface area contributed by atoms with Crippen LogP contribution < -0.4 is 9.45 Å². The number of alkyl halides is 3. The first-order valence-corrected chi connectivity index (χ1v) is 11.4. The minimum atomic E-state index is -5.15. The lowest BCUT2D eigenvalue weighted by atomic mass is 10.1. The second kappa shape index (κ2) is 8.50. The van der Waals surface area contributed by atoms with Crippen LogP contribution in [0.25, 0.3) is 0 Å². The van der Waals surface area contributed by atoms with Gasteiger partial charge in [0.05, 0.1) is 38.8 Å². The van der Waals surface area contributed by atoms with Crippen LogP contribution in [0, 0.1) is 5.82 Å². The molecule has 2 aromatic carbocycles. The standard InChI is InChI=1S/C21H12ClF4N3O5S/c22-14-4-6-16(27-35(33,34)12-3-5-15(23)13(8-12)21(24,25)26)18-17(14)19(30)29(20(18)31)10-11-2-1-7-28(32)9-11/h1-9H,10H2,(H-,27,31,32)/p+1. The summed E-state index contributed by atoms with van der Waals surface area (Å²) in [6.45, 7) is -0.289. The number of carbonyl (C=O) groups is 2. The van der Waals surface area contributed by atoms with Crippen LogP contribution in [0.5, 0.6) is 0 Å². The number of rotatable bonds is 5. The molecule has 0 aliphatic carbocycles. The monoisotopic (exact) mass is 530 g/mol. The van der Waals surface area contributed by atoms with E-state index in [-0.39, 0.29) is 23.2 Å². The number of carbonyl (C=O) groups excluding carboxylic acids is 2. The molecule has 0 unspecified atom stereocenters. The molecule has 0 atom stereocenters.